The van der Waals surface area contributed by atoms with Gasteiger partial charge in [-0.1, -0.05) is 32.0 Å². The minimum absolute atomic E-state index is 0.176. The van der Waals surface area contributed by atoms with E-state index in [1.807, 2.05) is 56.5 Å². The van der Waals surface area contributed by atoms with Gasteiger partial charge < -0.3 is 34.5 Å². The molecule has 2 aromatic heterocycles. The first-order valence-electron chi connectivity index (χ1n) is 13.4. The molecule has 39 heavy (non-hydrogen) atoms. The molecule has 11 nitrogen and oxygen atoms in total. The highest BCUT2D eigenvalue weighted by molar-refractivity contribution is 6.10. The predicted molar refractivity (Wildman–Crippen MR) is 149 cm³/mol. The number of aliphatic hydroxyl groups is 1. The zero-order valence-electron chi connectivity index (χ0n) is 23.7. The van der Waals surface area contributed by atoms with Gasteiger partial charge in [0, 0.05) is 18.6 Å². The Hall–Kier alpha value is -3.12. The second-order valence-corrected chi connectivity index (χ2v) is 10.3. The molecule has 0 aliphatic rings. The van der Waals surface area contributed by atoms with E-state index in [1.54, 1.807) is 13.8 Å². The van der Waals surface area contributed by atoms with Crippen LogP contribution in [0.2, 0.25) is 0 Å². The Labute approximate surface area is 229 Å². The van der Waals surface area contributed by atoms with Crippen LogP contribution in [0.15, 0.2) is 24.3 Å². The summed E-state index contributed by atoms with van der Waals surface area (Å²) in [6.45, 7) is 13.0. The fourth-order valence-electron chi connectivity index (χ4n) is 4.20. The summed E-state index contributed by atoms with van der Waals surface area (Å²) in [5, 5.41) is 17.2. The highest BCUT2D eigenvalue weighted by atomic mass is 16.5. The Kier molecular flexibility index (Phi) is 10.8. The van der Waals surface area contributed by atoms with Crippen LogP contribution in [0.1, 0.15) is 47.4 Å². The van der Waals surface area contributed by atoms with E-state index in [0.717, 1.165) is 10.9 Å². The second kappa shape index (κ2) is 13.8. The monoisotopic (exact) mass is 543 g/mol. The molecule has 0 bridgehead atoms. The third-order valence-corrected chi connectivity index (χ3v) is 5.96. The van der Waals surface area contributed by atoms with E-state index >= 15 is 0 Å². The van der Waals surface area contributed by atoms with Gasteiger partial charge in [-0.15, -0.1) is 0 Å². The third-order valence-electron chi connectivity index (χ3n) is 5.96. The van der Waals surface area contributed by atoms with Gasteiger partial charge in [0.25, 0.3) is 0 Å². The number of rotatable bonds is 15. The van der Waals surface area contributed by atoms with E-state index < -0.39 is 23.5 Å². The van der Waals surface area contributed by atoms with Crippen LogP contribution < -0.4 is 10.6 Å². The molecule has 2 heterocycles. The molecule has 11 heteroatoms. The molecule has 0 saturated heterocycles. The number of nitrogens with zero attached hydrogens (tertiary/aromatic N) is 3. The number of pyridine rings is 1. The van der Waals surface area contributed by atoms with Crippen molar-refractivity contribution in [2.24, 2.45) is 5.92 Å². The normalized spacial score (nSPS) is 12.8. The Balaban J connectivity index is 1.96. The topological polar surface area (TPSA) is 137 Å². The second-order valence-electron chi connectivity index (χ2n) is 10.3. The number of benzene rings is 1. The van der Waals surface area contributed by atoms with Crippen LogP contribution in [-0.4, -0.2) is 76.1 Å². The SMILES string of the molecule is CCOCCOCC(=O)N[C@H](C(=O)Nc1nc2ccccc2c2c1nc(COCC)n2CC(C)(C)O)C(C)C. The molecule has 3 rings (SSSR count). The third kappa shape index (κ3) is 8.18. The Bertz CT molecular complexity index is 1270. The van der Waals surface area contributed by atoms with Crippen LogP contribution in [-0.2, 0) is 37.0 Å². The quantitative estimate of drug-likeness (QED) is 0.249. The van der Waals surface area contributed by atoms with E-state index in [1.165, 1.54) is 0 Å². The molecule has 0 aliphatic carbocycles. The number of fused-ring (bicyclic) bond motifs is 3. The lowest BCUT2D eigenvalue weighted by Crippen LogP contribution is -2.48. The van der Waals surface area contributed by atoms with Gasteiger partial charge in [0.15, 0.2) is 5.82 Å². The molecule has 2 amide bonds. The predicted octanol–water partition coefficient (Wildman–Crippen LogP) is 3.02. The summed E-state index contributed by atoms with van der Waals surface area (Å²) in [5.74, 6) is -0.130. The number of carbonyl (C=O) groups excluding carboxylic acids is 2. The van der Waals surface area contributed by atoms with Gasteiger partial charge in [-0.05, 0) is 39.7 Å². The van der Waals surface area contributed by atoms with Gasteiger partial charge in [0.05, 0.1) is 36.4 Å². The lowest BCUT2D eigenvalue weighted by Gasteiger charge is -2.22. The number of imidazole rings is 1. The smallest absolute Gasteiger partial charge is 0.248 e. The molecular weight excluding hydrogens is 502 g/mol. The Morgan fingerprint density at radius 2 is 1.74 bits per heavy atom. The standard InChI is InChI=1S/C28H41N5O6/c1-7-37-13-14-39-16-22(34)31-23(18(3)4)27(35)32-26-24-25(19-11-9-10-12-20(19)29-26)33(17-28(5,6)36)21(30-24)15-38-8-2/h9-12,18,23,36H,7-8,13-17H2,1-6H3,(H,31,34)(H,29,32,35)/t23-/m0/s1. The molecule has 3 N–H and O–H groups in total. The largest absolute Gasteiger partial charge is 0.389 e. The number of aromatic nitrogens is 3. The molecule has 214 valence electrons. The number of hydrogen-bond acceptors (Lipinski definition) is 8. The van der Waals surface area contributed by atoms with Crippen molar-refractivity contribution in [2.75, 3.05) is 38.4 Å². The summed E-state index contributed by atoms with van der Waals surface area (Å²) in [5.41, 5.74) is 0.850. The van der Waals surface area contributed by atoms with Gasteiger partial charge in [0.2, 0.25) is 11.8 Å². The molecule has 0 aliphatic heterocycles. The first-order valence-corrected chi connectivity index (χ1v) is 13.4. The van der Waals surface area contributed by atoms with Crippen molar-refractivity contribution in [3.63, 3.8) is 0 Å². The molecular formula is C28H41N5O6. The van der Waals surface area contributed by atoms with E-state index in [4.69, 9.17) is 24.2 Å². The lowest BCUT2D eigenvalue weighted by atomic mass is 10.0. The minimum Gasteiger partial charge on any atom is -0.389 e. The van der Waals surface area contributed by atoms with Gasteiger partial charge in [-0.25, -0.2) is 9.97 Å². The average Bonchev–Trinajstić information content (AvgIpc) is 3.22. The first kappa shape index (κ1) is 30.4. The summed E-state index contributed by atoms with van der Waals surface area (Å²) in [6.07, 6.45) is 0. The summed E-state index contributed by atoms with van der Waals surface area (Å²) >= 11 is 0. The lowest BCUT2D eigenvalue weighted by molar-refractivity contribution is -0.130. The number of anilines is 1. The van der Waals surface area contributed by atoms with Crippen molar-refractivity contribution in [2.45, 2.75) is 66.3 Å². The molecule has 0 saturated carbocycles. The number of amides is 2. The Morgan fingerprint density at radius 1 is 1.05 bits per heavy atom. The zero-order valence-corrected chi connectivity index (χ0v) is 23.7. The van der Waals surface area contributed by atoms with Crippen molar-refractivity contribution in [1.29, 1.82) is 0 Å². The maximum atomic E-state index is 13.5. The zero-order chi connectivity index (χ0) is 28.6. The highest BCUT2D eigenvalue weighted by Crippen LogP contribution is 2.31. The summed E-state index contributed by atoms with van der Waals surface area (Å²) in [4.78, 5) is 35.5. The van der Waals surface area contributed by atoms with E-state index in [2.05, 4.69) is 10.6 Å². The van der Waals surface area contributed by atoms with Crippen molar-refractivity contribution in [1.82, 2.24) is 19.9 Å². The van der Waals surface area contributed by atoms with Gasteiger partial charge >= 0.3 is 0 Å². The summed E-state index contributed by atoms with van der Waals surface area (Å²) in [6, 6.07) is 6.75. The molecule has 0 fully saturated rings. The fourth-order valence-corrected chi connectivity index (χ4v) is 4.20. The number of hydrogen-bond donors (Lipinski definition) is 3. The molecule has 0 radical (unpaired) electrons. The Morgan fingerprint density at radius 3 is 2.41 bits per heavy atom. The number of carbonyl (C=O) groups is 2. The molecule has 1 atom stereocenters. The van der Waals surface area contributed by atoms with Crippen molar-refractivity contribution in [3.8, 4) is 0 Å². The molecule has 3 aromatic rings. The summed E-state index contributed by atoms with van der Waals surface area (Å²) in [7, 11) is 0. The molecule has 0 unspecified atom stereocenters. The highest BCUT2D eigenvalue weighted by Gasteiger charge is 2.28. The van der Waals surface area contributed by atoms with Crippen LogP contribution in [0, 0.1) is 5.92 Å². The summed E-state index contributed by atoms with van der Waals surface area (Å²) < 4.78 is 18.1. The average molecular weight is 544 g/mol. The van der Waals surface area contributed by atoms with Crippen molar-refractivity contribution in [3.05, 3.63) is 30.1 Å². The van der Waals surface area contributed by atoms with E-state index in [9.17, 15) is 14.7 Å². The van der Waals surface area contributed by atoms with Crippen molar-refractivity contribution < 1.29 is 28.9 Å². The molecule has 0 spiro atoms. The van der Waals surface area contributed by atoms with E-state index in [-0.39, 0.29) is 38.1 Å². The first-order chi connectivity index (χ1) is 18.6. The fraction of sp³-hybridized carbons (Fsp3) is 0.571. The van der Waals surface area contributed by atoms with Crippen molar-refractivity contribution >= 4 is 39.6 Å². The maximum Gasteiger partial charge on any atom is 0.248 e. The number of nitrogens with one attached hydrogen (secondary N) is 2. The van der Waals surface area contributed by atoms with Crippen LogP contribution in [0.3, 0.4) is 0 Å². The van der Waals surface area contributed by atoms with Gasteiger partial charge in [-0.2, -0.15) is 0 Å². The number of ether oxygens (including phenoxy) is 3. The van der Waals surface area contributed by atoms with Gasteiger partial charge in [0.1, 0.15) is 30.6 Å². The van der Waals surface area contributed by atoms with Crippen LogP contribution in [0.5, 0.6) is 0 Å². The minimum atomic E-state index is -1.03. The van der Waals surface area contributed by atoms with Crippen LogP contribution >= 0.6 is 0 Å². The molecule has 1 aromatic carbocycles. The van der Waals surface area contributed by atoms with Crippen LogP contribution in [0.25, 0.3) is 21.9 Å². The van der Waals surface area contributed by atoms with Crippen LogP contribution in [0.4, 0.5) is 5.82 Å². The van der Waals surface area contributed by atoms with E-state index in [0.29, 0.717) is 36.7 Å². The van der Waals surface area contributed by atoms with Gasteiger partial charge in [-0.3, -0.25) is 9.59 Å². The maximum absolute atomic E-state index is 13.5. The number of para-hydroxylation sites is 1.